The van der Waals surface area contributed by atoms with Crippen molar-refractivity contribution in [2.45, 2.75) is 12.6 Å². The molecule has 1 heterocycles. The number of imidazole rings is 1. The van der Waals surface area contributed by atoms with Gasteiger partial charge >= 0.3 is 5.97 Å². The summed E-state index contributed by atoms with van der Waals surface area (Å²) < 4.78 is 29.1. The molecule has 0 fully saturated rings. The SMILES string of the molecule is O=C(O)c1cnc(C(F)Cc2ccccc2)n1-c1ccc(F)cc1. The Morgan fingerprint density at radius 3 is 2.42 bits per heavy atom. The Morgan fingerprint density at radius 1 is 1.12 bits per heavy atom. The first kappa shape index (κ1) is 15.9. The summed E-state index contributed by atoms with van der Waals surface area (Å²) in [6.45, 7) is 0. The van der Waals surface area contributed by atoms with E-state index in [0.717, 1.165) is 11.8 Å². The van der Waals surface area contributed by atoms with Crippen molar-refractivity contribution in [3.05, 3.63) is 83.7 Å². The van der Waals surface area contributed by atoms with Gasteiger partial charge in [-0.05, 0) is 29.8 Å². The predicted molar refractivity (Wildman–Crippen MR) is 84.5 cm³/mol. The fourth-order valence-electron chi connectivity index (χ4n) is 2.51. The first-order chi connectivity index (χ1) is 11.6. The Labute approximate surface area is 137 Å². The maximum atomic E-state index is 14.8. The molecule has 0 aliphatic rings. The molecule has 1 atom stereocenters. The van der Waals surface area contributed by atoms with Crippen LogP contribution in [0.5, 0.6) is 0 Å². The molecule has 24 heavy (non-hydrogen) atoms. The molecule has 0 aliphatic carbocycles. The first-order valence-corrected chi connectivity index (χ1v) is 7.31. The second-order valence-electron chi connectivity index (χ2n) is 5.28. The molecule has 0 aliphatic heterocycles. The number of carboxylic acid groups (broad SMARTS) is 1. The Balaban J connectivity index is 2.01. The molecule has 0 radical (unpaired) electrons. The van der Waals surface area contributed by atoms with Gasteiger partial charge in [0.1, 0.15) is 11.6 Å². The lowest BCUT2D eigenvalue weighted by Crippen LogP contribution is -2.12. The summed E-state index contributed by atoms with van der Waals surface area (Å²) >= 11 is 0. The summed E-state index contributed by atoms with van der Waals surface area (Å²) in [6.07, 6.45) is -0.318. The van der Waals surface area contributed by atoms with E-state index in [2.05, 4.69) is 4.98 Å². The molecule has 0 bridgehead atoms. The molecule has 0 spiro atoms. The van der Waals surface area contributed by atoms with E-state index in [0.29, 0.717) is 5.69 Å². The molecule has 122 valence electrons. The highest BCUT2D eigenvalue weighted by atomic mass is 19.1. The van der Waals surface area contributed by atoms with Crippen LogP contribution < -0.4 is 0 Å². The Morgan fingerprint density at radius 2 is 1.79 bits per heavy atom. The lowest BCUT2D eigenvalue weighted by atomic mass is 10.1. The van der Waals surface area contributed by atoms with Gasteiger partial charge in [0.15, 0.2) is 11.9 Å². The Bertz CT molecular complexity index is 845. The van der Waals surface area contributed by atoms with Gasteiger partial charge in [0.25, 0.3) is 0 Å². The van der Waals surface area contributed by atoms with Crippen molar-refractivity contribution in [1.29, 1.82) is 0 Å². The fraction of sp³-hybridized carbons (Fsp3) is 0.111. The first-order valence-electron chi connectivity index (χ1n) is 7.31. The number of rotatable bonds is 5. The maximum absolute atomic E-state index is 14.8. The van der Waals surface area contributed by atoms with Crippen LogP contribution in [0.1, 0.15) is 28.0 Å². The third kappa shape index (κ3) is 3.17. The zero-order valence-corrected chi connectivity index (χ0v) is 12.6. The molecule has 0 saturated heterocycles. The van der Waals surface area contributed by atoms with Gasteiger partial charge in [-0.15, -0.1) is 0 Å². The normalized spacial score (nSPS) is 12.1. The van der Waals surface area contributed by atoms with Gasteiger partial charge in [-0.25, -0.2) is 18.6 Å². The molecule has 3 rings (SSSR count). The average molecular weight is 328 g/mol. The molecule has 0 amide bonds. The van der Waals surface area contributed by atoms with E-state index < -0.39 is 18.0 Å². The minimum atomic E-state index is -1.49. The highest BCUT2D eigenvalue weighted by Crippen LogP contribution is 2.26. The van der Waals surface area contributed by atoms with Crippen molar-refractivity contribution in [2.75, 3.05) is 0 Å². The van der Waals surface area contributed by atoms with E-state index in [1.165, 1.54) is 28.8 Å². The van der Waals surface area contributed by atoms with Crippen LogP contribution in [0.4, 0.5) is 8.78 Å². The maximum Gasteiger partial charge on any atom is 0.354 e. The van der Waals surface area contributed by atoms with E-state index in [4.69, 9.17) is 0 Å². The van der Waals surface area contributed by atoms with E-state index >= 15 is 0 Å². The van der Waals surface area contributed by atoms with Crippen LogP contribution >= 0.6 is 0 Å². The van der Waals surface area contributed by atoms with E-state index in [1.54, 1.807) is 24.3 Å². The lowest BCUT2D eigenvalue weighted by Gasteiger charge is -2.13. The van der Waals surface area contributed by atoms with E-state index in [1.807, 2.05) is 6.07 Å². The smallest absolute Gasteiger partial charge is 0.354 e. The van der Waals surface area contributed by atoms with Crippen LogP contribution in [0.25, 0.3) is 5.69 Å². The molecule has 1 N–H and O–H groups in total. The van der Waals surface area contributed by atoms with Gasteiger partial charge in [-0.1, -0.05) is 30.3 Å². The molecule has 1 aromatic heterocycles. The summed E-state index contributed by atoms with van der Waals surface area (Å²) in [6, 6.07) is 14.2. The van der Waals surface area contributed by atoms with Crippen LogP contribution in [0.3, 0.4) is 0 Å². The van der Waals surface area contributed by atoms with Crippen LogP contribution in [0, 0.1) is 5.82 Å². The summed E-state index contributed by atoms with van der Waals surface area (Å²) in [4.78, 5) is 15.3. The number of alkyl halides is 1. The van der Waals surface area contributed by atoms with E-state index in [-0.39, 0.29) is 17.9 Å². The summed E-state index contributed by atoms with van der Waals surface area (Å²) in [7, 11) is 0. The van der Waals surface area contributed by atoms with Crippen LogP contribution in [0.15, 0.2) is 60.8 Å². The number of aromatic carboxylic acids is 1. The third-order valence-corrected chi connectivity index (χ3v) is 3.63. The van der Waals surface area contributed by atoms with Gasteiger partial charge in [0.2, 0.25) is 0 Å². The van der Waals surface area contributed by atoms with Crippen molar-refractivity contribution in [1.82, 2.24) is 9.55 Å². The molecule has 0 saturated carbocycles. The second kappa shape index (κ2) is 6.62. The topological polar surface area (TPSA) is 55.1 Å². The summed E-state index contributed by atoms with van der Waals surface area (Å²) in [5.41, 5.74) is 0.944. The quantitative estimate of drug-likeness (QED) is 0.771. The largest absolute Gasteiger partial charge is 0.477 e. The van der Waals surface area contributed by atoms with Crippen molar-refractivity contribution in [3.8, 4) is 5.69 Å². The van der Waals surface area contributed by atoms with Crippen LogP contribution in [0.2, 0.25) is 0 Å². The molecule has 2 aromatic carbocycles. The number of aromatic nitrogens is 2. The Hall–Kier alpha value is -3.02. The number of carboxylic acids is 1. The van der Waals surface area contributed by atoms with Crippen LogP contribution in [-0.4, -0.2) is 20.6 Å². The average Bonchev–Trinajstić information content (AvgIpc) is 3.02. The van der Waals surface area contributed by atoms with Gasteiger partial charge < -0.3 is 5.11 Å². The number of hydrogen-bond acceptors (Lipinski definition) is 2. The number of benzene rings is 2. The number of halogens is 2. The van der Waals surface area contributed by atoms with Gasteiger partial charge in [0.05, 0.1) is 6.20 Å². The minimum Gasteiger partial charge on any atom is -0.477 e. The Kier molecular flexibility index (Phi) is 4.37. The van der Waals surface area contributed by atoms with Crippen molar-refractivity contribution in [3.63, 3.8) is 0 Å². The lowest BCUT2D eigenvalue weighted by molar-refractivity contribution is 0.0687. The van der Waals surface area contributed by atoms with Gasteiger partial charge in [0, 0.05) is 12.1 Å². The molecular weight excluding hydrogens is 314 g/mol. The van der Waals surface area contributed by atoms with Gasteiger partial charge in [-0.2, -0.15) is 0 Å². The highest BCUT2D eigenvalue weighted by Gasteiger charge is 2.23. The van der Waals surface area contributed by atoms with Gasteiger partial charge in [-0.3, -0.25) is 4.57 Å². The molecule has 6 heteroatoms. The summed E-state index contributed by atoms with van der Waals surface area (Å²) in [5, 5.41) is 9.31. The highest BCUT2D eigenvalue weighted by molar-refractivity contribution is 5.86. The second-order valence-corrected chi connectivity index (χ2v) is 5.28. The molecule has 4 nitrogen and oxygen atoms in total. The zero-order chi connectivity index (χ0) is 17.1. The minimum absolute atomic E-state index is 0.0251. The monoisotopic (exact) mass is 328 g/mol. The zero-order valence-electron chi connectivity index (χ0n) is 12.6. The number of nitrogens with zero attached hydrogens (tertiary/aromatic N) is 2. The standard InChI is InChI=1S/C18H14F2N2O2/c19-13-6-8-14(9-7-13)22-16(18(23)24)11-21-17(22)15(20)10-12-4-2-1-3-5-12/h1-9,11,15H,10H2,(H,23,24). The number of hydrogen-bond donors (Lipinski definition) is 1. The molecular formula is C18H14F2N2O2. The number of carbonyl (C=O) groups is 1. The van der Waals surface area contributed by atoms with Crippen molar-refractivity contribution >= 4 is 5.97 Å². The van der Waals surface area contributed by atoms with E-state index in [9.17, 15) is 18.7 Å². The summed E-state index contributed by atoms with van der Waals surface area (Å²) in [5.74, 6) is -1.72. The molecule has 3 aromatic rings. The van der Waals surface area contributed by atoms with Crippen molar-refractivity contribution < 1.29 is 18.7 Å². The van der Waals surface area contributed by atoms with Crippen molar-refractivity contribution in [2.24, 2.45) is 0 Å². The fourth-order valence-corrected chi connectivity index (χ4v) is 2.51. The predicted octanol–water partition coefficient (Wildman–Crippen LogP) is 3.96. The van der Waals surface area contributed by atoms with Crippen LogP contribution in [-0.2, 0) is 6.42 Å². The third-order valence-electron chi connectivity index (χ3n) is 3.63. The molecule has 1 unspecified atom stereocenters.